The lowest BCUT2D eigenvalue weighted by Gasteiger charge is -2.08. The van der Waals surface area contributed by atoms with Crippen molar-refractivity contribution in [2.45, 2.75) is 9.79 Å². The second-order valence-corrected chi connectivity index (χ2v) is 8.53. The summed E-state index contributed by atoms with van der Waals surface area (Å²) in [7, 11) is 0. The second-order valence-electron chi connectivity index (χ2n) is 6.55. The first-order chi connectivity index (χ1) is 13.7. The molecule has 0 saturated carbocycles. The standard InChI is InChI=1S/C24H15Cl2NS/c25-16-13-17(26)15-19(14-16)28-23-12-6-11-22-24(23)20-9-4-5-10-21(20)27(22)18-7-2-1-3-8-18/h1-15H. The van der Waals surface area contributed by atoms with Crippen LogP contribution in [0.15, 0.2) is 101 Å². The monoisotopic (exact) mass is 419 g/mol. The lowest BCUT2D eigenvalue weighted by molar-refractivity contribution is 1.18. The van der Waals surface area contributed by atoms with Crippen LogP contribution in [0.4, 0.5) is 0 Å². The van der Waals surface area contributed by atoms with Gasteiger partial charge in [0.15, 0.2) is 0 Å². The van der Waals surface area contributed by atoms with Gasteiger partial charge in [0, 0.05) is 36.3 Å². The number of rotatable bonds is 3. The third kappa shape index (κ3) is 3.08. The maximum atomic E-state index is 6.21. The molecule has 4 aromatic carbocycles. The van der Waals surface area contributed by atoms with E-state index in [-0.39, 0.29) is 0 Å². The van der Waals surface area contributed by atoms with E-state index in [1.54, 1.807) is 17.8 Å². The summed E-state index contributed by atoms with van der Waals surface area (Å²) in [6, 6.07) is 31.1. The summed E-state index contributed by atoms with van der Waals surface area (Å²) in [5, 5.41) is 3.77. The molecule has 1 nitrogen and oxygen atoms in total. The Bertz CT molecular complexity index is 1290. The minimum atomic E-state index is 0.647. The van der Waals surface area contributed by atoms with Crippen molar-refractivity contribution in [2.24, 2.45) is 0 Å². The fourth-order valence-electron chi connectivity index (χ4n) is 3.64. The van der Waals surface area contributed by atoms with E-state index in [0.29, 0.717) is 10.0 Å². The van der Waals surface area contributed by atoms with Gasteiger partial charge in [0.05, 0.1) is 11.0 Å². The van der Waals surface area contributed by atoms with Crippen molar-refractivity contribution >= 4 is 56.8 Å². The van der Waals surface area contributed by atoms with Crippen LogP contribution in [0.1, 0.15) is 0 Å². The molecule has 0 aliphatic carbocycles. The Labute approximate surface area is 177 Å². The fraction of sp³-hybridized carbons (Fsp3) is 0. The van der Waals surface area contributed by atoms with Crippen LogP contribution in [-0.4, -0.2) is 4.57 Å². The predicted molar refractivity (Wildman–Crippen MR) is 121 cm³/mol. The number of aromatic nitrogens is 1. The van der Waals surface area contributed by atoms with Gasteiger partial charge in [0.2, 0.25) is 0 Å². The van der Waals surface area contributed by atoms with Gasteiger partial charge in [-0.15, -0.1) is 0 Å². The zero-order valence-electron chi connectivity index (χ0n) is 14.8. The number of fused-ring (bicyclic) bond motifs is 3. The molecule has 136 valence electrons. The maximum absolute atomic E-state index is 6.21. The summed E-state index contributed by atoms with van der Waals surface area (Å²) < 4.78 is 2.32. The molecule has 0 fully saturated rings. The molecule has 0 aliphatic rings. The van der Waals surface area contributed by atoms with Gasteiger partial charge in [-0.3, -0.25) is 0 Å². The van der Waals surface area contributed by atoms with E-state index in [2.05, 4.69) is 71.3 Å². The molecule has 0 N–H and O–H groups in total. The van der Waals surface area contributed by atoms with Crippen LogP contribution in [0.2, 0.25) is 10.0 Å². The van der Waals surface area contributed by atoms with Crippen molar-refractivity contribution in [2.75, 3.05) is 0 Å². The molecule has 0 bridgehead atoms. The van der Waals surface area contributed by atoms with Gasteiger partial charge in [-0.1, -0.05) is 77.4 Å². The topological polar surface area (TPSA) is 4.93 Å². The van der Waals surface area contributed by atoms with Gasteiger partial charge in [-0.25, -0.2) is 0 Å². The van der Waals surface area contributed by atoms with Crippen molar-refractivity contribution < 1.29 is 0 Å². The summed E-state index contributed by atoms with van der Waals surface area (Å²) in [6.07, 6.45) is 0. The third-order valence-electron chi connectivity index (χ3n) is 4.74. The number of nitrogens with zero attached hydrogens (tertiary/aromatic N) is 1. The molecular formula is C24H15Cl2NS. The van der Waals surface area contributed by atoms with Gasteiger partial charge in [0.25, 0.3) is 0 Å². The second kappa shape index (κ2) is 7.21. The van der Waals surface area contributed by atoms with E-state index < -0.39 is 0 Å². The highest BCUT2D eigenvalue weighted by Gasteiger charge is 2.15. The van der Waals surface area contributed by atoms with Crippen molar-refractivity contribution in [1.82, 2.24) is 4.57 Å². The molecule has 0 spiro atoms. The summed E-state index contributed by atoms with van der Waals surface area (Å²) in [5.41, 5.74) is 3.54. The molecule has 1 aromatic heterocycles. The summed E-state index contributed by atoms with van der Waals surface area (Å²) in [4.78, 5) is 2.21. The molecule has 0 saturated heterocycles. The molecule has 4 heteroatoms. The van der Waals surface area contributed by atoms with Crippen LogP contribution in [0.5, 0.6) is 0 Å². The van der Waals surface area contributed by atoms with Crippen LogP contribution >= 0.6 is 35.0 Å². The summed E-state index contributed by atoms with van der Waals surface area (Å²) in [6.45, 7) is 0. The molecule has 0 atom stereocenters. The van der Waals surface area contributed by atoms with Crippen LogP contribution in [-0.2, 0) is 0 Å². The highest BCUT2D eigenvalue weighted by Crippen LogP contribution is 2.41. The van der Waals surface area contributed by atoms with Gasteiger partial charge < -0.3 is 4.57 Å². The maximum Gasteiger partial charge on any atom is 0.0552 e. The predicted octanol–water partition coefficient (Wildman–Crippen LogP) is 8.24. The van der Waals surface area contributed by atoms with Gasteiger partial charge in [0.1, 0.15) is 0 Å². The largest absolute Gasteiger partial charge is 0.309 e. The number of para-hydroxylation sites is 2. The van der Waals surface area contributed by atoms with Crippen molar-refractivity contribution in [3.63, 3.8) is 0 Å². The zero-order chi connectivity index (χ0) is 19.1. The number of benzene rings is 4. The molecule has 0 amide bonds. The van der Waals surface area contributed by atoms with E-state index >= 15 is 0 Å². The Morgan fingerprint density at radius 2 is 1.32 bits per heavy atom. The van der Waals surface area contributed by atoms with Crippen molar-refractivity contribution in [3.8, 4) is 5.69 Å². The van der Waals surface area contributed by atoms with E-state index in [4.69, 9.17) is 23.2 Å². The SMILES string of the molecule is Clc1cc(Cl)cc(Sc2cccc3c2c2ccccc2n3-c2ccccc2)c1. The fourth-order valence-corrected chi connectivity index (χ4v) is 5.39. The van der Waals surface area contributed by atoms with Crippen molar-refractivity contribution in [1.29, 1.82) is 0 Å². The lowest BCUT2D eigenvalue weighted by atomic mass is 10.1. The van der Waals surface area contributed by atoms with E-state index in [1.165, 1.54) is 26.7 Å². The normalized spacial score (nSPS) is 11.4. The van der Waals surface area contributed by atoms with Gasteiger partial charge in [-0.2, -0.15) is 0 Å². The Morgan fingerprint density at radius 3 is 2.11 bits per heavy atom. The minimum absolute atomic E-state index is 0.647. The minimum Gasteiger partial charge on any atom is -0.309 e. The van der Waals surface area contributed by atoms with E-state index in [9.17, 15) is 0 Å². The molecule has 0 radical (unpaired) electrons. The quantitative estimate of drug-likeness (QED) is 0.285. The molecule has 5 rings (SSSR count). The Hall–Kier alpha value is -2.39. The smallest absolute Gasteiger partial charge is 0.0552 e. The number of hydrogen-bond acceptors (Lipinski definition) is 1. The van der Waals surface area contributed by atoms with Gasteiger partial charge in [-0.05, 0) is 48.5 Å². The molecule has 0 unspecified atom stereocenters. The zero-order valence-corrected chi connectivity index (χ0v) is 17.1. The first kappa shape index (κ1) is 17.7. The number of hydrogen-bond donors (Lipinski definition) is 0. The van der Waals surface area contributed by atoms with E-state index in [1.807, 2.05) is 18.2 Å². The molecule has 5 aromatic rings. The van der Waals surface area contributed by atoms with Gasteiger partial charge >= 0.3 is 0 Å². The Balaban J connectivity index is 1.79. The lowest BCUT2D eigenvalue weighted by Crippen LogP contribution is -1.92. The molecular weight excluding hydrogens is 405 g/mol. The van der Waals surface area contributed by atoms with Crippen LogP contribution in [0, 0.1) is 0 Å². The molecule has 1 heterocycles. The Morgan fingerprint density at radius 1 is 0.643 bits per heavy atom. The van der Waals surface area contributed by atoms with Crippen molar-refractivity contribution in [3.05, 3.63) is 101 Å². The first-order valence-electron chi connectivity index (χ1n) is 8.92. The highest BCUT2D eigenvalue weighted by molar-refractivity contribution is 7.99. The number of halogens is 2. The van der Waals surface area contributed by atoms with Crippen LogP contribution in [0.3, 0.4) is 0 Å². The highest BCUT2D eigenvalue weighted by atomic mass is 35.5. The van der Waals surface area contributed by atoms with Crippen LogP contribution in [0.25, 0.3) is 27.5 Å². The molecule has 0 aliphatic heterocycles. The first-order valence-corrected chi connectivity index (χ1v) is 10.5. The van der Waals surface area contributed by atoms with Crippen LogP contribution < -0.4 is 0 Å². The third-order valence-corrected chi connectivity index (χ3v) is 6.21. The average Bonchev–Trinajstić information content (AvgIpc) is 3.03. The molecule has 28 heavy (non-hydrogen) atoms. The van der Waals surface area contributed by atoms with E-state index in [0.717, 1.165) is 10.6 Å². The average molecular weight is 420 g/mol. The Kier molecular flexibility index (Phi) is 4.56. The summed E-state index contributed by atoms with van der Waals surface area (Å²) in [5.74, 6) is 0. The summed E-state index contributed by atoms with van der Waals surface area (Å²) >= 11 is 14.1.